The zero-order valence-electron chi connectivity index (χ0n) is 15.0. The summed E-state index contributed by atoms with van der Waals surface area (Å²) in [5.74, 6) is 1.60. The average Bonchev–Trinajstić information content (AvgIpc) is 2.92. The van der Waals surface area contributed by atoms with Crippen molar-refractivity contribution in [2.75, 3.05) is 18.4 Å². The van der Waals surface area contributed by atoms with Crippen molar-refractivity contribution in [2.45, 2.75) is 32.2 Å². The molecule has 0 amide bonds. The van der Waals surface area contributed by atoms with Gasteiger partial charge in [0.25, 0.3) is 0 Å². The molecule has 0 saturated carbocycles. The number of aromatic hydroxyl groups is 1. The predicted molar refractivity (Wildman–Crippen MR) is 106 cm³/mol. The number of aromatic nitrogens is 2. The van der Waals surface area contributed by atoms with E-state index in [2.05, 4.69) is 10.6 Å². The van der Waals surface area contributed by atoms with E-state index in [0.717, 1.165) is 54.6 Å². The fourth-order valence-corrected chi connectivity index (χ4v) is 3.49. The third-order valence-corrected chi connectivity index (χ3v) is 4.91. The van der Waals surface area contributed by atoms with Crippen LogP contribution < -0.4 is 10.6 Å². The van der Waals surface area contributed by atoms with Gasteiger partial charge >= 0.3 is 0 Å². The minimum Gasteiger partial charge on any atom is -0.507 e. The molecule has 1 unspecified atom stereocenters. The van der Waals surface area contributed by atoms with Crippen LogP contribution in [0.25, 0.3) is 22.3 Å². The number of hydrogen-bond acceptors (Lipinski definition) is 5. The molecule has 1 atom stereocenters. The molecule has 3 aromatic rings. The molecule has 1 saturated heterocycles. The van der Waals surface area contributed by atoms with Gasteiger partial charge in [-0.05, 0) is 63.5 Å². The maximum atomic E-state index is 10.3. The number of fused-ring (bicyclic) bond motifs is 1. The van der Waals surface area contributed by atoms with Crippen LogP contribution in [-0.2, 0) is 0 Å². The highest BCUT2D eigenvalue weighted by Crippen LogP contribution is 2.31. The maximum absolute atomic E-state index is 10.3. The first kappa shape index (κ1) is 16.8. The van der Waals surface area contributed by atoms with Gasteiger partial charge in [0.15, 0.2) is 5.82 Å². The predicted octanol–water partition coefficient (Wildman–Crippen LogP) is 3.86. The van der Waals surface area contributed by atoms with Crippen molar-refractivity contribution >= 4 is 16.7 Å². The van der Waals surface area contributed by atoms with E-state index < -0.39 is 0 Å². The zero-order valence-corrected chi connectivity index (χ0v) is 15.0. The summed E-state index contributed by atoms with van der Waals surface area (Å²) in [5.41, 5.74) is 2.62. The first-order valence-corrected chi connectivity index (χ1v) is 9.25. The quantitative estimate of drug-likeness (QED) is 0.670. The van der Waals surface area contributed by atoms with E-state index in [1.54, 1.807) is 6.07 Å². The van der Waals surface area contributed by atoms with Gasteiger partial charge < -0.3 is 15.7 Å². The molecule has 2 heterocycles. The molecule has 1 aliphatic rings. The van der Waals surface area contributed by atoms with Crippen molar-refractivity contribution < 1.29 is 5.11 Å². The largest absolute Gasteiger partial charge is 0.507 e. The molecule has 1 aliphatic heterocycles. The highest BCUT2D eigenvalue weighted by Gasteiger charge is 2.16. The summed E-state index contributed by atoms with van der Waals surface area (Å²) < 4.78 is 0. The van der Waals surface area contributed by atoms with Gasteiger partial charge in [-0.1, -0.05) is 23.8 Å². The minimum atomic E-state index is 0.204. The molecule has 0 radical (unpaired) electrons. The van der Waals surface area contributed by atoms with Crippen molar-refractivity contribution in [1.29, 1.82) is 0 Å². The molecular weight excluding hydrogens is 324 g/mol. The number of benzene rings is 2. The monoisotopic (exact) mass is 348 g/mol. The van der Waals surface area contributed by atoms with Crippen LogP contribution in [0.5, 0.6) is 5.75 Å². The lowest BCUT2D eigenvalue weighted by Crippen LogP contribution is -2.22. The molecule has 0 spiro atoms. The van der Waals surface area contributed by atoms with E-state index in [4.69, 9.17) is 9.97 Å². The van der Waals surface area contributed by atoms with Crippen molar-refractivity contribution in [3.63, 3.8) is 0 Å². The molecule has 2 aromatic carbocycles. The Hall–Kier alpha value is -2.66. The lowest BCUT2D eigenvalue weighted by molar-refractivity contribution is 0.477. The number of phenols is 1. The molecule has 5 heteroatoms. The number of hydrogen-bond donors (Lipinski definition) is 3. The van der Waals surface area contributed by atoms with Crippen LogP contribution in [0.15, 0.2) is 42.5 Å². The number of rotatable bonds is 3. The molecule has 3 N–H and O–H groups in total. The third-order valence-electron chi connectivity index (χ3n) is 4.91. The first-order valence-electron chi connectivity index (χ1n) is 9.25. The Morgan fingerprint density at radius 3 is 2.88 bits per heavy atom. The topological polar surface area (TPSA) is 70.1 Å². The van der Waals surface area contributed by atoms with Gasteiger partial charge in [-0.15, -0.1) is 0 Å². The van der Waals surface area contributed by atoms with Gasteiger partial charge in [0.05, 0.1) is 11.1 Å². The zero-order chi connectivity index (χ0) is 17.9. The van der Waals surface area contributed by atoms with E-state index >= 15 is 0 Å². The van der Waals surface area contributed by atoms with E-state index in [1.165, 1.54) is 0 Å². The highest BCUT2D eigenvalue weighted by molar-refractivity contribution is 5.91. The normalized spacial score (nSPS) is 17.8. The molecular formula is C21H24N4O. The molecule has 0 aliphatic carbocycles. The number of nitrogens with one attached hydrogen (secondary N) is 2. The van der Waals surface area contributed by atoms with Crippen LogP contribution in [0.2, 0.25) is 0 Å². The number of nitrogens with zero attached hydrogens (tertiary/aromatic N) is 2. The Kier molecular flexibility index (Phi) is 4.71. The molecule has 1 aromatic heterocycles. The van der Waals surface area contributed by atoms with E-state index in [1.807, 2.05) is 43.3 Å². The Balaban J connectivity index is 1.79. The fourth-order valence-electron chi connectivity index (χ4n) is 3.49. The van der Waals surface area contributed by atoms with Crippen molar-refractivity contribution in [3.05, 3.63) is 48.0 Å². The number of para-hydroxylation sites is 1. The summed E-state index contributed by atoms with van der Waals surface area (Å²) in [6.45, 7) is 4.10. The second-order valence-electron chi connectivity index (χ2n) is 6.96. The molecule has 0 bridgehead atoms. The van der Waals surface area contributed by atoms with E-state index in [0.29, 0.717) is 17.4 Å². The van der Waals surface area contributed by atoms with Crippen LogP contribution in [-0.4, -0.2) is 34.2 Å². The Labute approximate surface area is 153 Å². The second-order valence-corrected chi connectivity index (χ2v) is 6.96. The molecule has 5 nitrogen and oxygen atoms in total. The van der Waals surface area contributed by atoms with Crippen LogP contribution in [0.4, 0.5) is 5.82 Å². The summed E-state index contributed by atoms with van der Waals surface area (Å²) in [7, 11) is 0. The average molecular weight is 348 g/mol. The number of aryl methyl sites for hydroxylation is 1. The van der Waals surface area contributed by atoms with Crippen molar-refractivity contribution in [3.8, 4) is 17.1 Å². The summed E-state index contributed by atoms with van der Waals surface area (Å²) in [6.07, 6.45) is 3.35. The Morgan fingerprint density at radius 2 is 1.96 bits per heavy atom. The van der Waals surface area contributed by atoms with E-state index in [9.17, 15) is 5.11 Å². The van der Waals surface area contributed by atoms with Crippen molar-refractivity contribution in [1.82, 2.24) is 15.3 Å². The Morgan fingerprint density at radius 1 is 1.08 bits per heavy atom. The molecule has 26 heavy (non-hydrogen) atoms. The Bertz CT molecular complexity index is 917. The second kappa shape index (κ2) is 7.30. The SMILES string of the molecule is Cc1ccc(O)c(-c2nc(NC3CCCNCC3)c3ccccc3n2)c1. The van der Waals surface area contributed by atoms with Gasteiger partial charge in [-0.25, -0.2) is 9.97 Å². The van der Waals surface area contributed by atoms with Gasteiger partial charge in [0.1, 0.15) is 11.6 Å². The van der Waals surface area contributed by atoms with Crippen LogP contribution in [0.3, 0.4) is 0 Å². The first-order chi connectivity index (χ1) is 12.7. The summed E-state index contributed by atoms with van der Waals surface area (Å²) >= 11 is 0. The lowest BCUT2D eigenvalue weighted by Gasteiger charge is -2.19. The summed E-state index contributed by atoms with van der Waals surface area (Å²) in [4.78, 5) is 9.49. The van der Waals surface area contributed by atoms with Gasteiger partial charge in [0, 0.05) is 11.4 Å². The van der Waals surface area contributed by atoms with E-state index in [-0.39, 0.29) is 5.75 Å². The molecule has 134 valence electrons. The lowest BCUT2D eigenvalue weighted by atomic mass is 10.1. The number of phenolic OH excluding ortho intramolecular Hbond substituents is 1. The van der Waals surface area contributed by atoms with Crippen LogP contribution in [0.1, 0.15) is 24.8 Å². The van der Waals surface area contributed by atoms with Crippen LogP contribution >= 0.6 is 0 Å². The standard InChI is InChI=1S/C21H24N4O/c1-14-8-9-19(26)17(13-14)21-24-18-7-3-2-6-16(18)20(25-21)23-15-5-4-11-22-12-10-15/h2-3,6-9,13,15,22,26H,4-5,10-12H2,1H3,(H,23,24,25). The summed E-state index contributed by atoms with van der Waals surface area (Å²) in [5, 5.41) is 18.4. The number of anilines is 1. The van der Waals surface area contributed by atoms with Gasteiger partial charge in [-0.2, -0.15) is 0 Å². The van der Waals surface area contributed by atoms with Gasteiger partial charge in [0.2, 0.25) is 0 Å². The smallest absolute Gasteiger partial charge is 0.165 e. The molecule has 4 rings (SSSR count). The van der Waals surface area contributed by atoms with Gasteiger partial charge in [-0.3, -0.25) is 0 Å². The van der Waals surface area contributed by atoms with Crippen LogP contribution in [0, 0.1) is 6.92 Å². The fraction of sp³-hybridized carbons (Fsp3) is 0.333. The third kappa shape index (κ3) is 3.48. The molecule has 1 fully saturated rings. The maximum Gasteiger partial charge on any atom is 0.165 e. The highest BCUT2D eigenvalue weighted by atomic mass is 16.3. The summed E-state index contributed by atoms with van der Waals surface area (Å²) in [6, 6.07) is 13.9. The minimum absolute atomic E-state index is 0.204. The van der Waals surface area contributed by atoms with Crippen molar-refractivity contribution in [2.24, 2.45) is 0 Å².